The molecule has 0 atom stereocenters. The van der Waals surface area contributed by atoms with Crippen molar-refractivity contribution >= 4 is 27.6 Å². The van der Waals surface area contributed by atoms with Crippen molar-refractivity contribution in [2.75, 3.05) is 18.4 Å². The Bertz CT molecular complexity index is 928. The number of hydrogen-bond donors (Lipinski definition) is 2. The van der Waals surface area contributed by atoms with Gasteiger partial charge in [0.1, 0.15) is 6.26 Å². The van der Waals surface area contributed by atoms with Crippen molar-refractivity contribution in [1.82, 2.24) is 4.31 Å². The number of amides is 1. The van der Waals surface area contributed by atoms with Crippen LogP contribution in [0.3, 0.4) is 0 Å². The molecule has 2 N–H and O–H groups in total. The average Bonchev–Trinajstić information content (AvgIpc) is 3.13. The van der Waals surface area contributed by atoms with Crippen LogP contribution in [0, 0.1) is 0 Å². The summed E-state index contributed by atoms with van der Waals surface area (Å²) in [5.41, 5.74) is 0.137. The Morgan fingerprint density at radius 3 is 2.50 bits per heavy atom. The third kappa shape index (κ3) is 3.78. The molecule has 138 valence electrons. The van der Waals surface area contributed by atoms with Gasteiger partial charge < -0.3 is 14.8 Å². The minimum Gasteiger partial charge on any atom is -0.478 e. The SMILES string of the molecule is O=C(O)c1coc(C(=O)Nc2cccc(S(=O)(=O)N3CCCCC3)c2)c1. The lowest BCUT2D eigenvalue weighted by atomic mass is 10.2. The summed E-state index contributed by atoms with van der Waals surface area (Å²) in [6.45, 7) is 0.979. The van der Waals surface area contributed by atoms with Gasteiger partial charge in [-0.3, -0.25) is 4.79 Å². The molecule has 0 bridgehead atoms. The highest BCUT2D eigenvalue weighted by Gasteiger charge is 2.26. The second-order valence-electron chi connectivity index (χ2n) is 5.95. The molecule has 1 fully saturated rings. The number of carbonyl (C=O) groups excluding carboxylic acids is 1. The first-order chi connectivity index (χ1) is 12.4. The lowest BCUT2D eigenvalue weighted by Gasteiger charge is -2.26. The number of carbonyl (C=O) groups is 2. The highest BCUT2D eigenvalue weighted by molar-refractivity contribution is 7.89. The van der Waals surface area contributed by atoms with Gasteiger partial charge in [0.2, 0.25) is 10.0 Å². The van der Waals surface area contributed by atoms with Crippen LogP contribution in [0.4, 0.5) is 5.69 Å². The number of benzene rings is 1. The van der Waals surface area contributed by atoms with E-state index in [1.807, 2.05) is 0 Å². The first-order valence-corrected chi connectivity index (χ1v) is 9.55. The van der Waals surface area contributed by atoms with E-state index < -0.39 is 21.9 Å². The monoisotopic (exact) mass is 378 g/mol. The summed E-state index contributed by atoms with van der Waals surface area (Å²) in [7, 11) is -3.61. The van der Waals surface area contributed by atoms with E-state index in [2.05, 4.69) is 5.32 Å². The van der Waals surface area contributed by atoms with E-state index in [0.717, 1.165) is 31.6 Å². The minimum absolute atomic E-state index is 0.0999. The Hall–Kier alpha value is -2.65. The molecule has 1 aromatic heterocycles. The molecule has 1 saturated heterocycles. The second kappa shape index (κ2) is 7.30. The van der Waals surface area contributed by atoms with Crippen LogP contribution in [0.5, 0.6) is 0 Å². The van der Waals surface area contributed by atoms with E-state index in [1.165, 1.54) is 22.5 Å². The number of anilines is 1. The van der Waals surface area contributed by atoms with Gasteiger partial charge in [0, 0.05) is 24.8 Å². The zero-order chi connectivity index (χ0) is 18.7. The summed E-state index contributed by atoms with van der Waals surface area (Å²) >= 11 is 0. The standard InChI is InChI=1S/C17H18N2O6S/c20-16(15-9-12(11-25-15)17(21)22)18-13-5-4-6-14(10-13)26(23,24)19-7-2-1-3-8-19/h4-6,9-11H,1-3,7-8H2,(H,18,20)(H,21,22). The van der Waals surface area contributed by atoms with Crippen LogP contribution in [0.15, 0.2) is 45.9 Å². The first-order valence-electron chi connectivity index (χ1n) is 8.11. The van der Waals surface area contributed by atoms with Crippen molar-refractivity contribution < 1.29 is 27.5 Å². The summed E-state index contributed by atoms with van der Waals surface area (Å²) in [4.78, 5) is 23.1. The van der Waals surface area contributed by atoms with Crippen molar-refractivity contribution in [2.45, 2.75) is 24.2 Å². The highest BCUT2D eigenvalue weighted by atomic mass is 32.2. The summed E-state index contributed by atoms with van der Waals surface area (Å²) < 4.78 is 31.8. The van der Waals surface area contributed by atoms with Crippen LogP contribution in [0.25, 0.3) is 0 Å². The molecule has 0 saturated carbocycles. The van der Waals surface area contributed by atoms with Gasteiger partial charge in [0.15, 0.2) is 5.76 Å². The molecule has 0 radical (unpaired) electrons. The molecule has 2 aromatic rings. The van der Waals surface area contributed by atoms with E-state index in [9.17, 15) is 18.0 Å². The van der Waals surface area contributed by atoms with Gasteiger partial charge in [-0.25, -0.2) is 13.2 Å². The van der Waals surface area contributed by atoms with Crippen LogP contribution in [-0.4, -0.2) is 42.8 Å². The maximum atomic E-state index is 12.7. The summed E-state index contributed by atoms with van der Waals surface area (Å²) in [6.07, 6.45) is 3.65. The molecular formula is C17H18N2O6S. The quantitative estimate of drug-likeness (QED) is 0.825. The molecule has 1 aliphatic rings. The Morgan fingerprint density at radius 1 is 1.12 bits per heavy atom. The molecule has 26 heavy (non-hydrogen) atoms. The van der Waals surface area contributed by atoms with E-state index in [-0.39, 0.29) is 21.9 Å². The Balaban J connectivity index is 1.78. The molecule has 9 heteroatoms. The molecule has 8 nitrogen and oxygen atoms in total. The molecule has 0 unspecified atom stereocenters. The second-order valence-corrected chi connectivity index (χ2v) is 7.89. The Labute approximate surface area is 150 Å². The minimum atomic E-state index is -3.61. The topological polar surface area (TPSA) is 117 Å². The van der Waals surface area contributed by atoms with Gasteiger partial charge >= 0.3 is 5.97 Å². The fourth-order valence-corrected chi connectivity index (χ4v) is 4.31. The number of carboxylic acid groups (broad SMARTS) is 1. The molecule has 1 aliphatic heterocycles. The van der Waals surface area contributed by atoms with Crippen molar-refractivity contribution in [2.24, 2.45) is 0 Å². The van der Waals surface area contributed by atoms with Crippen LogP contribution in [0.2, 0.25) is 0 Å². The number of sulfonamides is 1. The van der Waals surface area contributed by atoms with Gasteiger partial charge in [-0.2, -0.15) is 4.31 Å². The van der Waals surface area contributed by atoms with Crippen molar-refractivity contribution in [3.63, 3.8) is 0 Å². The fraction of sp³-hybridized carbons (Fsp3) is 0.294. The lowest BCUT2D eigenvalue weighted by molar-refractivity contribution is 0.0696. The van der Waals surface area contributed by atoms with E-state index in [4.69, 9.17) is 9.52 Å². The molecule has 0 spiro atoms. The number of piperidine rings is 1. The number of aromatic carboxylic acids is 1. The maximum absolute atomic E-state index is 12.7. The Morgan fingerprint density at radius 2 is 1.85 bits per heavy atom. The molecule has 1 aromatic carbocycles. The smallest absolute Gasteiger partial charge is 0.338 e. The molecule has 2 heterocycles. The van der Waals surface area contributed by atoms with Gasteiger partial charge in [0.05, 0.1) is 10.5 Å². The van der Waals surface area contributed by atoms with E-state index in [1.54, 1.807) is 6.07 Å². The number of furan rings is 1. The summed E-state index contributed by atoms with van der Waals surface area (Å²) in [6, 6.07) is 7.05. The number of nitrogens with zero attached hydrogens (tertiary/aromatic N) is 1. The number of nitrogens with one attached hydrogen (secondary N) is 1. The zero-order valence-corrected chi connectivity index (χ0v) is 14.7. The summed E-state index contributed by atoms with van der Waals surface area (Å²) in [5.74, 6) is -2.04. The van der Waals surface area contributed by atoms with Crippen LogP contribution in [-0.2, 0) is 10.0 Å². The average molecular weight is 378 g/mol. The molecular weight excluding hydrogens is 360 g/mol. The van der Waals surface area contributed by atoms with E-state index in [0.29, 0.717) is 13.1 Å². The van der Waals surface area contributed by atoms with Crippen molar-refractivity contribution in [1.29, 1.82) is 0 Å². The predicted molar refractivity (Wildman–Crippen MR) is 92.7 cm³/mol. The third-order valence-corrected chi connectivity index (χ3v) is 6.01. The van der Waals surface area contributed by atoms with Gasteiger partial charge in [0.25, 0.3) is 5.91 Å². The molecule has 3 rings (SSSR count). The van der Waals surface area contributed by atoms with Crippen molar-refractivity contribution in [3.05, 3.63) is 47.9 Å². The van der Waals surface area contributed by atoms with Gasteiger partial charge in [-0.05, 0) is 31.0 Å². The van der Waals surface area contributed by atoms with Crippen LogP contribution < -0.4 is 5.32 Å². The van der Waals surface area contributed by atoms with E-state index >= 15 is 0 Å². The number of carboxylic acids is 1. The Kier molecular flexibility index (Phi) is 5.10. The number of rotatable bonds is 5. The van der Waals surface area contributed by atoms with Gasteiger partial charge in [-0.1, -0.05) is 12.5 Å². The maximum Gasteiger partial charge on any atom is 0.338 e. The largest absolute Gasteiger partial charge is 0.478 e. The predicted octanol–water partition coefficient (Wildman–Crippen LogP) is 2.40. The van der Waals surface area contributed by atoms with Gasteiger partial charge in [-0.15, -0.1) is 0 Å². The first kappa shape index (κ1) is 18.2. The zero-order valence-electron chi connectivity index (χ0n) is 13.8. The number of hydrogen-bond acceptors (Lipinski definition) is 5. The fourth-order valence-electron chi connectivity index (χ4n) is 2.75. The lowest BCUT2D eigenvalue weighted by Crippen LogP contribution is -2.35. The van der Waals surface area contributed by atoms with Crippen LogP contribution in [0.1, 0.15) is 40.2 Å². The van der Waals surface area contributed by atoms with Crippen molar-refractivity contribution in [3.8, 4) is 0 Å². The highest BCUT2D eigenvalue weighted by Crippen LogP contribution is 2.23. The normalized spacial score (nSPS) is 15.5. The molecule has 0 aliphatic carbocycles. The molecule has 1 amide bonds. The third-order valence-electron chi connectivity index (χ3n) is 4.11. The van der Waals surface area contributed by atoms with Crippen LogP contribution >= 0.6 is 0 Å². The summed E-state index contributed by atoms with van der Waals surface area (Å²) in [5, 5.41) is 11.4.